The van der Waals surface area contributed by atoms with Gasteiger partial charge in [-0.15, -0.1) is 0 Å². The molecule has 2 aliphatic carbocycles. The van der Waals surface area contributed by atoms with E-state index >= 15 is 0 Å². The third-order valence-electron chi connectivity index (χ3n) is 6.13. The predicted octanol–water partition coefficient (Wildman–Crippen LogP) is 1.72. The minimum Gasteiger partial charge on any atom is -0.298 e. The van der Waals surface area contributed by atoms with Crippen molar-refractivity contribution in [3.8, 4) is 6.07 Å². The summed E-state index contributed by atoms with van der Waals surface area (Å²) in [6.45, 7) is 5.02. The van der Waals surface area contributed by atoms with Gasteiger partial charge in [0.25, 0.3) is 0 Å². The average Bonchev–Trinajstić information content (AvgIpc) is 3.20. The van der Waals surface area contributed by atoms with E-state index in [1.807, 2.05) is 0 Å². The zero-order valence-electron chi connectivity index (χ0n) is 13.1. The molecule has 4 aliphatic rings. The van der Waals surface area contributed by atoms with Gasteiger partial charge in [-0.25, -0.2) is 0 Å². The van der Waals surface area contributed by atoms with Crippen LogP contribution in [0.4, 0.5) is 0 Å². The third-order valence-corrected chi connectivity index (χ3v) is 6.13. The summed E-state index contributed by atoms with van der Waals surface area (Å²) < 4.78 is 0. The predicted molar refractivity (Wildman–Crippen MR) is 82.9 cm³/mol. The SMILES string of the molecule is N#CC1(NC2CC2)CCCC(N2CCN3CCCC3C2)C1. The number of rotatable bonds is 3. The molecular formula is C17H28N4. The van der Waals surface area contributed by atoms with Crippen molar-refractivity contribution in [2.75, 3.05) is 26.2 Å². The van der Waals surface area contributed by atoms with Crippen LogP contribution in [0, 0.1) is 11.3 Å². The molecule has 2 aliphatic heterocycles. The first-order valence-electron chi connectivity index (χ1n) is 8.95. The number of piperazine rings is 1. The summed E-state index contributed by atoms with van der Waals surface area (Å²) in [6, 6.07) is 4.72. The number of hydrogen-bond donors (Lipinski definition) is 1. The molecule has 0 aromatic carbocycles. The van der Waals surface area contributed by atoms with Crippen molar-refractivity contribution >= 4 is 0 Å². The summed E-state index contributed by atoms with van der Waals surface area (Å²) in [5.74, 6) is 0. The second-order valence-electron chi connectivity index (χ2n) is 7.69. The lowest BCUT2D eigenvalue weighted by molar-refractivity contribution is 0.0439. The van der Waals surface area contributed by atoms with Gasteiger partial charge in [-0.2, -0.15) is 5.26 Å². The zero-order valence-corrected chi connectivity index (χ0v) is 13.1. The van der Waals surface area contributed by atoms with Crippen molar-refractivity contribution in [1.29, 1.82) is 5.26 Å². The van der Waals surface area contributed by atoms with Crippen LogP contribution in [0.5, 0.6) is 0 Å². The smallest absolute Gasteiger partial charge is 0.108 e. The highest BCUT2D eigenvalue weighted by atomic mass is 15.3. The van der Waals surface area contributed by atoms with E-state index in [1.54, 1.807) is 0 Å². The molecule has 0 amide bonds. The van der Waals surface area contributed by atoms with Gasteiger partial charge < -0.3 is 0 Å². The number of nitrogens with zero attached hydrogens (tertiary/aromatic N) is 3. The lowest BCUT2D eigenvalue weighted by atomic mass is 9.79. The highest BCUT2D eigenvalue weighted by Crippen LogP contribution is 2.35. The highest BCUT2D eigenvalue weighted by Gasteiger charge is 2.43. The number of fused-ring (bicyclic) bond motifs is 1. The summed E-state index contributed by atoms with van der Waals surface area (Å²) in [7, 11) is 0. The third kappa shape index (κ3) is 2.84. The van der Waals surface area contributed by atoms with Crippen LogP contribution in [0.1, 0.15) is 51.4 Å². The molecule has 0 spiro atoms. The van der Waals surface area contributed by atoms with Gasteiger partial charge in [-0.3, -0.25) is 15.1 Å². The second-order valence-corrected chi connectivity index (χ2v) is 7.69. The molecule has 3 atom stereocenters. The highest BCUT2D eigenvalue weighted by molar-refractivity contribution is 5.13. The molecule has 21 heavy (non-hydrogen) atoms. The standard InChI is InChI=1S/C17H28N4/c18-13-17(19-14-5-6-14)7-1-3-15(11-17)21-10-9-20-8-2-4-16(20)12-21/h14-16,19H,1-12H2. The van der Waals surface area contributed by atoms with Crippen LogP contribution in [0.3, 0.4) is 0 Å². The summed E-state index contributed by atoms with van der Waals surface area (Å²) >= 11 is 0. The summed E-state index contributed by atoms with van der Waals surface area (Å²) in [5, 5.41) is 13.4. The quantitative estimate of drug-likeness (QED) is 0.859. The van der Waals surface area contributed by atoms with Crippen molar-refractivity contribution in [3.05, 3.63) is 0 Å². The van der Waals surface area contributed by atoms with Gasteiger partial charge >= 0.3 is 0 Å². The van der Waals surface area contributed by atoms with Gasteiger partial charge in [0.1, 0.15) is 5.54 Å². The van der Waals surface area contributed by atoms with E-state index in [9.17, 15) is 5.26 Å². The lowest BCUT2D eigenvalue weighted by Crippen LogP contribution is -2.58. The molecule has 0 radical (unpaired) electrons. The second kappa shape index (κ2) is 5.53. The van der Waals surface area contributed by atoms with Crippen molar-refractivity contribution in [2.24, 2.45) is 0 Å². The molecule has 0 aromatic rings. The largest absolute Gasteiger partial charge is 0.298 e. The fourth-order valence-electron chi connectivity index (χ4n) is 4.79. The molecule has 2 heterocycles. The van der Waals surface area contributed by atoms with Crippen LogP contribution in [-0.2, 0) is 0 Å². The molecule has 4 nitrogen and oxygen atoms in total. The van der Waals surface area contributed by atoms with Crippen LogP contribution >= 0.6 is 0 Å². The first kappa shape index (κ1) is 14.0. The van der Waals surface area contributed by atoms with E-state index in [0.717, 1.165) is 18.9 Å². The maximum absolute atomic E-state index is 9.75. The van der Waals surface area contributed by atoms with Gasteiger partial charge in [-0.05, 0) is 57.9 Å². The molecule has 116 valence electrons. The van der Waals surface area contributed by atoms with Crippen molar-refractivity contribution in [1.82, 2.24) is 15.1 Å². The number of nitriles is 1. The van der Waals surface area contributed by atoms with E-state index in [2.05, 4.69) is 21.2 Å². The zero-order chi connectivity index (χ0) is 14.3. The Morgan fingerprint density at radius 3 is 2.57 bits per heavy atom. The molecule has 0 aromatic heterocycles. The lowest BCUT2D eigenvalue weighted by Gasteiger charge is -2.46. The van der Waals surface area contributed by atoms with Crippen LogP contribution < -0.4 is 5.32 Å². The van der Waals surface area contributed by atoms with E-state index in [4.69, 9.17) is 0 Å². The van der Waals surface area contributed by atoms with Gasteiger partial charge in [0.05, 0.1) is 6.07 Å². The Bertz CT molecular complexity index is 427. The number of nitrogens with one attached hydrogen (secondary N) is 1. The first-order chi connectivity index (χ1) is 10.3. The van der Waals surface area contributed by atoms with E-state index in [1.165, 1.54) is 64.7 Å². The number of hydrogen-bond acceptors (Lipinski definition) is 4. The summed E-state index contributed by atoms with van der Waals surface area (Å²) in [5.41, 5.74) is -0.225. The van der Waals surface area contributed by atoms with E-state index in [0.29, 0.717) is 12.1 Å². The fraction of sp³-hybridized carbons (Fsp3) is 0.941. The van der Waals surface area contributed by atoms with Gasteiger partial charge in [0.15, 0.2) is 0 Å². The van der Waals surface area contributed by atoms with E-state index in [-0.39, 0.29) is 5.54 Å². The van der Waals surface area contributed by atoms with Crippen LogP contribution in [0.15, 0.2) is 0 Å². The molecule has 1 N–H and O–H groups in total. The molecule has 4 rings (SSSR count). The minimum absolute atomic E-state index is 0.225. The van der Waals surface area contributed by atoms with Crippen molar-refractivity contribution < 1.29 is 0 Å². The fourth-order valence-corrected chi connectivity index (χ4v) is 4.79. The van der Waals surface area contributed by atoms with Gasteiger partial charge in [0, 0.05) is 37.8 Å². The Balaban J connectivity index is 1.41. The molecular weight excluding hydrogens is 260 g/mol. The van der Waals surface area contributed by atoms with Gasteiger partial charge in [-0.1, -0.05) is 0 Å². The average molecular weight is 288 g/mol. The molecule has 3 unspecified atom stereocenters. The first-order valence-corrected chi connectivity index (χ1v) is 8.95. The van der Waals surface area contributed by atoms with Crippen LogP contribution in [0.2, 0.25) is 0 Å². The topological polar surface area (TPSA) is 42.3 Å². The summed E-state index contributed by atoms with van der Waals surface area (Å²) in [6.07, 6.45) is 9.92. The van der Waals surface area contributed by atoms with E-state index < -0.39 is 0 Å². The normalized spacial score (nSPS) is 41.7. The van der Waals surface area contributed by atoms with Crippen molar-refractivity contribution in [2.45, 2.75) is 75.0 Å². The molecule has 2 saturated carbocycles. The summed E-state index contributed by atoms with van der Waals surface area (Å²) in [4.78, 5) is 5.39. The van der Waals surface area contributed by atoms with Gasteiger partial charge in [0.2, 0.25) is 0 Å². The molecule has 0 bridgehead atoms. The van der Waals surface area contributed by atoms with Crippen molar-refractivity contribution in [3.63, 3.8) is 0 Å². The molecule has 4 fully saturated rings. The molecule has 2 saturated heterocycles. The monoisotopic (exact) mass is 288 g/mol. The Hall–Kier alpha value is -0.630. The minimum atomic E-state index is -0.225. The van der Waals surface area contributed by atoms with Crippen LogP contribution in [-0.4, -0.2) is 59.6 Å². The maximum Gasteiger partial charge on any atom is 0.108 e. The Labute approximate surface area is 128 Å². The Kier molecular flexibility index (Phi) is 3.69. The van der Waals surface area contributed by atoms with Crippen LogP contribution in [0.25, 0.3) is 0 Å². The maximum atomic E-state index is 9.75. The Morgan fingerprint density at radius 2 is 1.76 bits per heavy atom. The molecule has 4 heteroatoms. The Morgan fingerprint density at radius 1 is 0.952 bits per heavy atom.